The van der Waals surface area contributed by atoms with Gasteiger partial charge in [0.15, 0.2) is 5.96 Å². The zero-order valence-corrected chi connectivity index (χ0v) is 15.7. The molecular formula is C19H26F3N5. The summed E-state index contributed by atoms with van der Waals surface area (Å²) in [6.45, 7) is 4.02. The van der Waals surface area contributed by atoms with Crippen LogP contribution in [0.25, 0.3) is 0 Å². The molecule has 1 aromatic carbocycles. The Bertz CT molecular complexity index is 720. The van der Waals surface area contributed by atoms with E-state index in [0.717, 1.165) is 43.0 Å². The van der Waals surface area contributed by atoms with E-state index in [1.165, 1.54) is 17.7 Å². The zero-order valence-electron chi connectivity index (χ0n) is 15.7. The van der Waals surface area contributed by atoms with E-state index in [2.05, 4.69) is 20.7 Å². The first-order valence-electron chi connectivity index (χ1n) is 9.04. The van der Waals surface area contributed by atoms with Gasteiger partial charge in [0.2, 0.25) is 0 Å². The molecule has 1 aromatic heterocycles. The third kappa shape index (κ3) is 7.32. The first-order chi connectivity index (χ1) is 12.9. The first kappa shape index (κ1) is 20.8. The van der Waals surface area contributed by atoms with Gasteiger partial charge in [-0.2, -0.15) is 18.3 Å². The van der Waals surface area contributed by atoms with Gasteiger partial charge in [-0.1, -0.05) is 12.1 Å². The fourth-order valence-electron chi connectivity index (χ4n) is 2.60. The van der Waals surface area contributed by atoms with Crippen molar-refractivity contribution in [2.45, 2.75) is 32.4 Å². The van der Waals surface area contributed by atoms with E-state index in [0.29, 0.717) is 19.5 Å². The number of guanidine groups is 1. The topological polar surface area (TPSA) is 54.2 Å². The second-order valence-corrected chi connectivity index (χ2v) is 6.26. The fraction of sp³-hybridized carbons (Fsp3) is 0.474. The largest absolute Gasteiger partial charge is 0.416 e. The fourth-order valence-corrected chi connectivity index (χ4v) is 2.60. The number of nitrogens with zero attached hydrogens (tertiary/aromatic N) is 3. The monoisotopic (exact) mass is 381 g/mol. The van der Waals surface area contributed by atoms with E-state index in [-0.39, 0.29) is 0 Å². The van der Waals surface area contributed by atoms with Crippen molar-refractivity contribution >= 4 is 5.96 Å². The predicted octanol–water partition coefficient (Wildman–Crippen LogP) is 3.17. The van der Waals surface area contributed by atoms with Crippen LogP contribution in [0.5, 0.6) is 0 Å². The minimum Gasteiger partial charge on any atom is -0.357 e. The van der Waals surface area contributed by atoms with Crippen molar-refractivity contribution in [1.82, 2.24) is 20.4 Å². The third-order valence-electron chi connectivity index (χ3n) is 3.98. The molecule has 0 aliphatic carbocycles. The Hall–Kier alpha value is -2.51. The van der Waals surface area contributed by atoms with Gasteiger partial charge in [0.25, 0.3) is 0 Å². The quantitative estimate of drug-likeness (QED) is 0.420. The maximum atomic E-state index is 12.6. The van der Waals surface area contributed by atoms with Crippen molar-refractivity contribution in [2.75, 3.05) is 19.6 Å². The van der Waals surface area contributed by atoms with Crippen LogP contribution in [0, 0.1) is 0 Å². The second kappa shape index (κ2) is 9.99. The Morgan fingerprint density at radius 3 is 2.44 bits per heavy atom. The molecule has 8 heteroatoms. The minimum atomic E-state index is -4.29. The molecule has 0 fully saturated rings. The predicted molar refractivity (Wildman–Crippen MR) is 101 cm³/mol. The molecular weight excluding hydrogens is 355 g/mol. The van der Waals surface area contributed by atoms with Gasteiger partial charge in [-0.3, -0.25) is 9.67 Å². The Morgan fingerprint density at radius 2 is 1.85 bits per heavy atom. The highest BCUT2D eigenvalue weighted by molar-refractivity contribution is 5.79. The van der Waals surface area contributed by atoms with Crippen LogP contribution in [0.3, 0.4) is 0 Å². The van der Waals surface area contributed by atoms with E-state index < -0.39 is 11.7 Å². The van der Waals surface area contributed by atoms with Crippen molar-refractivity contribution in [1.29, 1.82) is 0 Å². The van der Waals surface area contributed by atoms with Gasteiger partial charge in [0.1, 0.15) is 0 Å². The zero-order chi connectivity index (χ0) is 19.7. The molecule has 0 spiro atoms. The molecule has 0 bridgehead atoms. The lowest BCUT2D eigenvalue weighted by Crippen LogP contribution is -2.38. The molecule has 2 rings (SSSR count). The maximum Gasteiger partial charge on any atom is 0.416 e. The molecule has 0 aliphatic rings. The number of hydrogen-bond acceptors (Lipinski definition) is 2. The average Bonchev–Trinajstić information content (AvgIpc) is 3.03. The van der Waals surface area contributed by atoms with E-state index in [1.54, 1.807) is 4.68 Å². The van der Waals surface area contributed by atoms with Gasteiger partial charge in [-0.05, 0) is 49.4 Å². The number of aliphatic imine (C=N–C) groups is 1. The average molecular weight is 381 g/mol. The Balaban J connectivity index is 1.76. The Kier molecular flexibility index (Phi) is 7.69. The summed E-state index contributed by atoms with van der Waals surface area (Å²) in [5, 5.41) is 10.5. The summed E-state index contributed by atoms with van der Waals surface area (Å²) in [5.41, 5.74) is 1.42. The van der Waals surface area contributed by atoms with Gasteiger partial charge in [-0.25, -0.2) is 0 Å². The normalized spacial score (nSPS) is 12.3. The number of aromatic nitrogens is 2. The molecule has 0 radical (unpaired) electrons. The van der Waals surface area contributed by atoms with E-state index in [9.17, 15) is 13.2 Å². The number of hydrogen-bond donors (Lipinski definition) is 2. The number of benzene rings is 1. The molecule has 0 amide bonds. The van der Waals surface area contributed by atoms with Gasteiger partial charge in [-0.15, -0.1) is 0 Å². The van der Waals surface area contributed by atoms with E-state index in [1.807, 2.05) is 26.4 Å². The summed E-state index contributed by atoms with van der Waals surface area (Å²) in [6.07, 6.45) is 2.02. The van der Waals surface area contributed by atoms with Crippen molar-refractivity contribution in [2.24, 2.45) is 12.0 Å². The Morgan fingerprint density at radius 1 is 1.11 bits per heavy atom. The Labute approximate surface area is 157 Å². The molecule has 0 saturated heterocycles. The lowest BCUT2D eigenvalue weighted by atomic mass is 10.1. The highest BCUT2D eigenvalue weighted by Crippen LogP contribution is 2.29. The van der Waals surface area contributed by atoms with Crippen LogP contribution >= 0.6 is 0 Å². The molecule has 2 aromatic rings. The number of aryl methyl sites for hydroxylation is 2. The molecule has 148 valence electrons. The summed E-state index contributed by atoms with van der Waals surface area (Å²) >= 11 is 0. The van der Waals surface area contributed by atoms with Gasteiger partial charge < -0.3 is 10.6 Å². The van der Waals surface area contributed by atoms with Crippen molar-refractivity contribution in [3.63, 3.8) is 0 Å². The number of rotatable bonds is 8. The lowest BCUT2D eigenvalue weighted by molar-refractivity contribution is -0.137. The van der Waals surface area contributed by atoms with Gasteiger partial charge >= 0.3 is 6.18 Å². The lowest BCUT2D eigenvalue weighted by Gasteiger charge is -2.12. The van der Waals surface area contributed by atoms with Crippen LogP contribution in [-0.4, -0.2) is 35.4 Å². The molecule has 5 nitrogen and oxygen atoms in total. The van der Waals surface area contributed by atoms with Gasteiger partial charge in [0, 0.05) is 32.9 Å². The third-order valence-corrected chi connectivity index (χ3v) is 3.98. The highest BCUT2D eigenvalue weighted by atomic mass is 19.4. The summed E-state index contributed by atoms with van der Waals surface area (Å²) in [4.78, 5) is 4.53. The van der Waals surface area contributed by atoms with Crippen LogP contribution in [0.15, 0.2) is 41.7 Å². The molecule has 27 heavy (non-hydrogen) atoms. The van der Waals surface area contributed by atoms with E-state index in [4.69, 9.17) is 0 Å². The minimum absolute atomic E-state index is 0.597. The molecule has 1 heterocycles. The van der Waals surface area contributed by atoms with Crippen LogP contribution < -0.4 is 10.6 Å². The van der Waals surface area contributed by atoms with E-state index >= 15 is 0 Å². The first-order valence-corrected chi connectivity index (χ1v) is 9.04. The summed E-state index contributed by atoms with van der Waals surface area (Å²) in [7, 11) is 1.89. The molecule has 0 aliphatic heterocycles. The van der Waals surface area contributed by atoms with Crippen molar-refractivity contribution in [3.8, 4) is 0 Å². The number of alkyl halides is 3. The van der Waals surface area contributed by atoms with Crippen molar-refractivity contribution < 1.29 is 13.2 Å². The maximum absolute atomic E-state index is 12.6. The molecule has 0 saturated carbocycles. The van der Waals surface area contributed by atoms with Crippen LogP contribution in [0.1, 0.15) is 30.0 Å². The number of nitrogens with one attached hydrogen (secondary N) is 2. The smallest absolute Gasteiger partial charge is 0.357 e. The molecule has 0 atom stereocenters. The summed E-state index contributed by atoms with van der Waals surface area (Å²) in [6, 6.07) is 5.27. The van der Waals surface area contributed by atoms with Crippen molar-refractivity contribution in [3.05, 3.63) is 53.3 Å². The van der Waals surface area contributed by atoms with Crippen LogP contribution in [0.2, 0.25) is 0 Å². The number of halogens is 3. The van der Waals surface area contributed by atoms with Gasteiger partial charge in [0.05, 0.1) is 11.8 Å². The van der Waals surface area contributed by atoms with Crippen LogP contribution in [-0.2, 0) is 26.1 Å². The summed E-state index contributed by atoms with van der Waals surface area (Å²) < 4.78 is 39.5. The second-order valence-electron chi connectivity index (χ2n) is 6.26. The SMILES string of the molecule is CCNC(=NCCCc1cnn(C)c1)NCCc1ccc(C(F)(F)F)cc1. The molecule has 2 N–H and O–H groups in total. The standard InChI is InChI=1S/C19H26F3N5/c1-3-23-18(24-11-4-5-16-13-26-27(2)14-16)25-12-10-15-6-8-17(9-7-15)19(20,21)22/h6-9,13-14H,3-5,10-12H2,1-2H3,(H2,23,24,25). The van der Waals surface area contributed by atoms with Crippen LogP contribution in [0.4, 0.5) is 13.2 Å². The summed E-state index contributed by atoms with van der Waals surface area (Å²) in [5.74, 6) is 0.718. The molecule has 0 unspecified atom stereocenters. The highest BCUT2D eigenvalue weighted by Gasteiger charge is 2.29.